The predicted molar refractivity (Wildman–Crippen MR) is 160 cm³/mol. The Morgan fingerprint density at radius 2 is 1.80 bits per heavy atom. The van der Waals surface area contributed by atoms with Crippen molar-refractivity contribution < 1.29 is 24.0 Å². The molecule has 11 heteroatoms. The molecule has 3 amide bonds. The SMILES string of the molecule is CCN(CC)c1ccc(/C=C2/SC(=O)N(Cc3ccc(C)cc3)C2=O)c(OCC(=O)Nc2cccc([N+](=O)[O-])c2)c1. The van der Waals surface area contributed by atoms with Crippen molar-refractivity contribution in [2.75, 3.05) is 29.9 Å². The van der Waals surface area contributed by atoms with Crippen LogP contribution in [0.5, 0.6) is 5.75 Å². The zero-order valence-corrected chi connectivity index (χ0v) is 23.8. The maximum atomic E-state index is 13.2. The Morgan fingerprint density at radius 3 is 2.49 bits per heavy atom. The molecular weight excluding hydrogens is 544 g/mol. The van der Waals surface area contributed by atoms with Gasteiger partial charge in [0.15, 0.2) is 6.61 Å². The summed E-state index contributed by atoms with van der Waals surface area (Å²) in [6.07, 6.45) is 1.60. The van der Waals surface area contributed by atoms with E-state index in [4.69, 9.17) is 4.74 Å². The molecule has 3 aromatic rings. The van der Waals surface area contributed by atoms with Crippen LogP contribution in [0.4, 0.5) is 21.9 Å². The molecule has 0 unspecified atom stereocenters. The monoisotopic (exact) mass is 574 g/mol. The minimum Gasteiger partial charge on any atom is -0.483 e. The molecule has 3 aromatic carbocycles. The van der Waals surface area contributed by atoms with Crippen LogP contribution >= 0.6 is 11.8 Å². The van der Waals surface area contributed by atoms with Gasteiger partial charge in [0.1, 0.15) is 5.75 Å². The Balaban J connectivity index is 1.55. The highest BCUT2D eigenvalue weighted by molar-refractivity contribution is 8.18. The zero-order chi connectivity index (χ0) is 29.5. The maximum absolute atomic E-state index is 13.2. The van der Waals surface area contributed by atoms with E-state index in [9.17, 15) is 24.5 Å². The van der Waals surface area contributed by atoms with E-state index in [1.807, 2.05) is 51.1 Å². The number of nitro benzene ring substituents is 1. The van der Waals surface area contributed by atoms with Gasteiger partial charge in [-0.25, -0.2) is 0 Å². The third-order valence-corrected chi connectivity index (χ3v) is 7.35. The molecule has 1 aliphatic heterocycles. The lowest BCUT2D eigenvalue weighted by Gasteiger charge is -2.22. The summed E-state index contributed by atoms with van der Waals surface area (Å²) in [5.74, 6) is -0.556. The maximum Gasteiger partial charge on any atom is 0.293 e. The molecule has 0 aromatic heterocycles. The molecule has 41 heavy (non-hydrogen) atoms. The van der Waals surface area contributed by atoms with Gasteiger partial charge in [0.2, 0.25) is 0 Å². The standard InChI is InChI=1S/C30H30N4O6S/c1-4-32(5-2)24-14-13-22(15-27-29(36)33(30(37)41-27)18-21-11-9-20(3)10-12-21)26(17-24)40-19-28(35)31-23-7-6-8-25(16-23)34(38)39/h6-17H,4-5,18-19H2,1-3H3,(H,31,35)/b27-15+. The van der Waals surface area contributed by atoms with Crippen molar-refractivity contribution in [3.63, 3.8) is 0 Å². The van der Waals surface area contributed by atoms with Gasteiger partial charge in [0, 0.05) is 48.2 Å². The van der Waals surface area contributed by atoms with E-state index >= 15 is 0 Å². The average molecular weight is 575 g/mol. The van der Waals surface area contributed by atoms with Crippen molar-refractivity contribution in [2.24, 2.45) is 0 Å². The number of imide groups is 1. The fourth-order valence-electron chi connectivity index (χ4n) is 4.24. The second kappa shape index (κ2) is 13.1. The molecule has 0 spiro atoms. The van der Waals surface area contributed by atoms with Crippen molar-refractivity contribution in [1.29, 1.82) is 0 Å². The van der Waals surface area contributed by atoms with Gasteiger partial charge in [-0.1, -0.05) is 35.9 Å². The molecule has 212 valence electrons. The number of thioether (sulfide) groups is 1. The van der Waals surface area contributed by atoms with Crippen molar-refractivity contribution >= 4 is 52.0 Å². The Bertz CT molecular complexity index is 1500. The van der Waals surface area contributed by atoms with Crippen molar-refractivity contribution in [1.82, 2.24) is 4.90 Å². The number of aryl methyl sites for hydroxylation is 1. The first-order valence-electron chi connectivity index (χ1n) is 13.1. The van der Waals surface area contributed by atoms with Crippen LogP contribution in [0.3, 0.4) is 0 Å². The van der Waals surface area contributed by atoms with Crippen molar-refractivity contribution in [3.8, 4) is 5.75 Å². The second-order valence-corrected chi connectivity index (χ2v) is 10.3. The summed E-state index contributed by atoms with van der Waals surface area (Å²) < 4.78 is 5.90. The number of hydrogen-bond acceptors (Lipinski definition) is 8. The summed E-state index contributed by atoms with van der Waals surface area (Å²) in [6.45, 7) is 7.31. The molecule has 1 aliphatic rings. The van der Waals surface area contributed by atoms with Gasteiger partial charge in [0.05, 0.1) is 16.4 Å². The van der Waals surface area contributed by atoms with Crippen LogP contribution < -0.4 is 15.0 Å². The minimum absolute atomic E-state index is 0.144. The lowest BCUT2D eigenvalue weighted by Crippen LogP contribution is -2.27. The highest BCUT2D eigenvalue weighted by Gasteiger charge is 2.35. The first-order chi connectivity index (χ1) is 19.7. The summed E-state index contributed by atoms with van der Waals surface area (Å²) in [7, 11) is 0. The minimum atomic E-state index is -0.542. The van der Waals surface area contributed by atoms with Gasteiger partial charge in [-0.15, -0.1) is 0 Å². The molecule has 1 N–H and O–H groups in total. The smallest absolute Gasteiger partial charge is 0.293 e. The second-order valence-electron chi connectivity index (χ2n) is 9.29. The van der Waals surface area contributed by atoms with Gasteiger partial charge in [0.25, 0.3) is 22.7 Å². The number of nitrogens with zero attached hydrogens (tertiary/aromatic N) is 3. The van der Waals surface area contributed by atoms with Crippen LogP contribution in [0.25, 0.3) is 6.08 Å². The lowest BCUT2D eigenvalue weighted by molar-refractivity contribution is -0.384. The fourth-order valence-corrected chi connectivity index (χ4v) is 5.07. The summed E-state index contributed by atoms with van der Waals surface area (Å²) in [5.41, 5.74) is 3.46. The van der Waals surface area contributed by atoms with Crippen LogP contribution in [0, 0.1) is 17.0 Å². The fraction of sp³-hybridized carbons (Fsp3) is 0.233. The van der Waals surface area contributed by atoms with E-state index in [2.05, 4.69) is 10.2 Å². The third-order valence-electron chi connectivity index (χ3n) is 6.45. The van der Waals surface area contributed by atoms with E-state index in [1.54, 1.807) is 24.3 Å². The number of non-ortho nitro benzene ring substituents is 1. The van der Waals surface area contributed by atoms with Crippen LogP contribution in [0.15, 0.2) is 71.6 Å². The quantitative estimate of drug-likeness (QED) is 0.168. The Labute approximate surface area is 242 Å². The van der Waals surface area contributed by atoms with Gasteiger partial charge in [-0.2, -0.15) is 0 Å². The number of ether oxygens (including phenoxy) is 1. The number of carbonyl (C=O) groups excluding carboxylic acids is 3. The number of nitrogens with one attached hydrogen (secondary N) is 1. The summed E-state index contributed by atoms with van der Waals surface area (Å²) in [6, 6.07) is 18.7. The van der Waals surface area contributed by atoms with Gasteiger partial charge in [-0.3, -0.25) is 29.4 Å². The summed E-state index contributed by atoms with van der Waals surface area (Å²) >= 11 is 0.855. The molecule has 10 nitrogen and oxygen atoms in total. The summed E-state index contributed by atoms with van der Waals surface area (Å²) in [4.78, 5) is 52.6. The molecule has 1 saturated heterocycles. The Morgan fingerprint density at radius 1 is 1.07 bits per heavy atom. The van der Waals surface area contributed by atoms with Crippen LogP contribution in [-0.2, 0) is 16.1 Å². The highest BCUT2D eigenvalue weighted by Crippen LogP contribution is 2.36. The third kappa shape index (κ3) is 7.31. The van der Waals surface area contributed by atoms with E-state index in [1.165, 1.54) is 23.1 Å². The predicted octanol–water partition coefficient (Wildman–Crippen LogP) is 6.00. The van der Waals surface area contributed by atoms with Crippen LogP contribution in [0.1, 0.15) is 30.5 Å². The zero-order valence-electron chi connectivity index (χ0n) is 23.0. The van der Waals surface area contributed by atoms with Crippen molar-refractivity contribution in [2.45, 2.75) is 27.3 Å². The normalized spacial score (nSPS) is 13.9. The number of benzene rings is 3. The number of rotatable bonds is 11. The molecule has 1 heterocycles. The van der Waals surface area contributed by atoms with Gasteiger partial charge >= 0.3 is 0 Å². The van der Waals surface area contributed by atoms with E-state index in [0.29, 0.717) is 11.3 Å². The van der Waals surface area contributed by atoms with E-state index < -0.39 is 16.7 Å². The van der Waals surface area contributed by atoms with E-state index in [0.717, 1.165) is 41.7 Å². The topological polar surface area (TPSA) is 122 Å². The number of nitro groups is 1. The molecule has 0 aliphatic carbocycles. The molecule has 4 rings (SSSR count). The van der Waals surface area contributed by atoms with E-state index in [-0.39, 0.29) is 34.7 Å². The number of carbonyl (C=O) groups is 3. The molecule has 0 bridgehead atoms. The highest BCUT2D eigenvalue weighted by atomic mass is 32.2. The Hall–Kier alpha value is -4.64. The molecule has 0 radical (unpaired) electrons. The largest absolute Gasteiger partial charge is 0.483 e. The molecule has 0 saturated carbocycles. The average Bonchev–Trinajstić information content (AvgIpc) is 3.22. The van der Waals surface area contributed by atoms with Gasteiger partial charge < -0.3 is 15.0 Å². The Kier molecular flexibility index (Phi) is 9.41. The van der Waals surface area contributed by atoms with Gasteiger partial charge in [-0.05, 0) is 62.4 Å². The molecular formula is C30H30N4O6S. The first kappa shape index (κ1) is 29.3. The number of hydrogen-bond donors (Lipinski definition) is 1. The lowest BCUT2D eigenvalue weighted by atomic mass is 10.1. The first-order valence-corrected chi connectivity index (χ1v) is 13.9. The summed E-state index contributed by atoms with van der Waals surface area (Å²) in [5, 5.41) is 13.3. The van der Waals surface area contributed by atoms with Crippen LogP contribution in [0.2, 0.25) is 0 Å². The molecule has 1 fully saturated rings. The molecule has 0 atom stereocenters. The van der Waals surface area contributed by atoms with Crippen molar-refractivity contribution in [3.05, 3.63) is 98.4 Å². The number of amides is 3. The number of anilines is 2. The van der Waals surface area contributed by atoms with Crippen LogP contribution in [-0.4, -0.2) is 46.6 Å².